The zero-order chi connectivity index (χ0) is 12.7. The first-order valence-corrected chi connectivity index (χ1v) is 5.57. The van der Waals surface area contributed by atoms with E-state index in [1.807, 2.05) is 0 Å². The number of likely N-dealkylation sites (tertiary alicyclic amines) is 1. The first-order chi connectivity index (χ1) is 8.13. The summed E-state index contributed by atoms with van der Waals surface area (Å²) in [5.74, 6) is -0.868. The van der Waals surface area contributed by atoms with Gasteiger partial charge in [0.25, 0.3) is 0 Å². The zero-order valence-corrected chi connectivity index (χ0v) is 9.67. The standard InChI is InChI=1S/C12H17NO4/c1-2-8-17-12(16)13-7-3-4-10(9-13)5-6-11(14)15/h2,5-6,10H,1,3-4,7-9H2,(H,14,15)/b6-5+. The van der Waals surface area contributed by atoms with Gasteiger partial charge >= 0.3 is 12.1 Å². The summed E-state index contributed by atoms with van der Waals surface area (Å²) in [6.07, 6.45) is 5.67. The first kappa shape index (κ1) is 13.3. The van der Waals surface area contributed by atoms with Gasteiger partial charge in [0, 0.05) is 19.2 Å². The zero-order valence-electron chi connectivity index (χ0n) is 9.67. The monoisotopic (exact) mass is 239 g/mol. The minimum atomic E-state index is -0.962. The quantitative estimate of drug-likeness (QED) is 0.598. The molecule has 1 heterocycles. The van der Waals surface area contributed by atoms with Crippen LogP contribution in [0, 0.1) is 5.92 Å². The van der Waals surface area contributed by atoms with E-state index in [0.29, 0.717) is 13.1 Å². The van der Waals surface area contributed by atoms with Gasteiger partial charge in [0.2, 0.25) is 0 Å². The number of nitrogens with zero attached hydrogens (tertiary/aromatic N) is 1. The van der Waals surface area contributed by atoms with Crippen LogP contribution in [0.25, 0.3) is 0 Å². The van der Waals surface area contributed by atoms with E-state index in [4.69, 9.17) is 9.84 Å². The molecular formula is C12H17NO4. The van der Waals surface area contributed by atoms with E-state index in [-0.39, 0.29) is 18.6 Å². The lowest BCUT2D eigenvalue weighted by Crippen LogP contribution is -2.39. The molecule has 94 valence electrons. The van der Waals surface area contributed by atoms with Crippen LogP contribution in [0.15, 0.2) is 24.8 Å². The van der Waals surface area contributed by atoms with Crippen LogP contribution in [0.4, 0.5) is 4.79 Å². The number of carboxylic acids is 1. The molecule has 0 radical (unpaired) electrons. The molecule has 1 rings (SSSR count). The van der Waals surface area contributed by atoms with E-state index in [1.165, 1.54) is 6.08 Å². The molecule has 0 aromatic carbocycles. The largest absolute Gasteiger partial charge is 0.478 e. The van der Waals surface area contributed by atoms with Crippen molar-refractivity contribution in [2.24, 2.45) is 5.92 Å². The molecule has 1 N–H and O–H groups in total. The Balaban J connectivity index is 2.45. The van der Waals surface area contributed by atoms with Gasteiger partial charge in [-0.25, -0.2) is 9.59 Å². The molecule has 1 aliphatic rings. The third-order valence-electron chi connectivity index (χ3n) is 2.55. The maximum absolute atomic E-state index is 11.6. The first-order valence-electron chi connectivity index (χ1n) is 5.57. The van der Waals surface area contributed by atoms with Gasteiger partial charge in [0.1, 0.15) is 6.61 Å². The van der Waals surface area contributed by atoms with Crippen molar-refractivity contribution < 1.29 is 19.4 Å². The molecule has 0 spiro atoms. The van der Waals surface area contributed by atoms with Gasteiger partial charge in [-0.15, -0.1) is 0 Å². The molecule has 0 aromatic heterocycles. The van der Waals surface area contributed by atoms with Gasteiger partial charge in [0.05, 0.1) is 0 Å². The normalized spacial score (nSPS) is 20.2. The van der Waals surface area contributed by atoms with Gasteiger partial charge < -0.3 is 14.7 Å². The summed E-state index contributed by atoms with van der Waals surface area (Å²) in [6, 6.07) is 0. The van der Waals surface area contributed by atoms with Crippen LogP contribution in [-0.4, -0.2) is 41.8 Å². The Morgan fingerprint density at radius 3 is 2.94 bits per heavy atom. The topological polar surface area (TPSA) is 66.8 Å². The lowest BCUT2D eigenvalue weighted by atomic mass is 9.98. The molecule has 1 amide bonds. The van der Waals surface area contributed by atoms with Crippen LogP contribution in [0.5, 0.6) is 0 Å². The van der Waals surface area contributed by atoms with Crippen molar-refractivity contribution in [3.63, 3.8) is 0 Å². The average Bonchev–Trinajstić information content (AvgIpc) is 2.33. The van der Waals surface area contributed by atoms with Crippen LogP contribution in [0.3, 0.4) is 0 Å². The highest BCUT2D eigenvalue weighted by Crippen LogP contribution is 2.18. The van der Waals surface area contributed by atoms with Crippen molar-refractivity contribution in [1.29, 1.82) is 0 Å². The highest BCUT2D eigenvalue weighted by molar-refractivity contribution is 5.79. The van der Waals surface area contributed by atoms with Crippen LogP contribution < -0.4 is 0 Å². The van der Waals surface area contributed by atoms with Crippen LogP contribution in [-0.2, 0) is 9.53 Å². The average molecular weight is 239 g/mol. The van der Waals surface area contributed by atoms with Crippen LogP contribution in [0.1, 0.15) is 12.8 Å². The van der Waals surface area contributed by atoms with Gasteiger partial charge in [-0.2, -0.15) is 0 Å². The molecule has 0 saturated carbocycles. The third kappa shape index (κ3) is 4.72. The van der Waals surface area contributed by atoms with E-state index < -0.39 is 5.97 Å². The number of aliphatic carboxylic acids is 1. The highest BCUT2D eigenvalue weighted by Gasteiger charge is 2.22. The Hall–Kier alpha value is -1.78. The molecule has 1 unspecified atom stereocenters. The van der Waals surface area contributed by atoms with E-state index in [9.17, 15) is 9.59 Å². The second kappa shape index (κ2) is 6.73. The minimum absolute atomic E-state index is 0.0936. The smallest absolute Gasteiger partial charge is 0.410 e. The predicted molar refractivity (Wildman–Crippen MR) is 62.6 cm³/mol. The maximum Gasteiger partial charge on any atom is 0.410 e. The number of carbonyl (C=O) groups excluding carboxylic acids is 1. The fourth-order valence-corrected chi connectivity index (χ4v) is 1.77. The van der Waals surface area contributed by atoms with E-state index in [1.54, 1.807) is 11.0 Å². The summed E-state index contributed by atoms with van der Waals surface area (Å²) >= 11 is 0. The lowest BCUT2D eigenvalue weighted by molar-refractivity contribution is -0.131. The molecule has 5 nitrogen and oxygen atoms in total. The molecule has 1 fully saturated rings. The number of hydrogen-bond acceptors (Lipinski definition) is 3. The lowest BCUT2D eigenvalue weighted by Gasteiger charge is -2.30. The van der Waals surface area contributed by atoms with E-state index >= 15 is 0 Å². The molecule has 1 aliphatic heterocycles. The van der Waals surface area contributed by atoms with E-state index in [2.05, 4.69) is 6.58 Å². The SMILES string of the molecule is C=CCOC(=O)N1CCCC(/C=C/C(=O)O)C1. The number of hydrogen-bond donors (Lipinski definition) is 1. The molecule has 5 heteroatoms. The number of amides is 1. The Kier molecular flexibility index (Phi) is 5.26. The summed E-state index contributed by atoms with van der Waals surface area (Å²) in [4.78, 5) is 23.6. The number of piperidine rings is 1. The van der Waals surface area contributed by atoms with Crippen molar-refractivity contribution in [3.8, 4) is 0 Å². The predicted octanol–water partition coefficient (Wildman–Crippen LogP) is 1.66. The minimum Gasteiger partial charge on any atom is -0.478 e. The van der Waals surface area contributed by atoms with Gasteiger partial charge in [-0.1, -0.05) is 18.7 Å². The summed E-state index contributed by atoms with van der Waals surface area (Å²) in [5, 5.41) is 8.53. The second-order valence-electron chi connectivity index (χ2n) is 3.91. The second-order valence-corrected chi connectivity index (χ2v) is 3.91. The van der Waals surface area contributed by atoms with Gasteiger partial charge in [-0.05, 0) is 18.8 Å². The fourth-order valence-electron chi connectivity index (χ4n) is 1.77. The number of rotatable bonds is 4. The summed E-state index contributed by atoms with van der Waals surface area (Å²) in [6.45, 7) is 4.84. The van der Waals surface area contributed by atoms with Gasteiger partial charge in [0.15, 0.2) is 0 Å². The van der Waals surface area contributed by atoms with Crippen molar-refractivity contribution in [3.05, 3.63) is 24.8 Å². The fraction of sp³-hybridized carbons (Fsp3) is 0.500. The Morgan fingerprint density at radius 2 is 2.29 bits per heavy atom. The van der Waals surface area contributed by atoms with Crippen LogP contribution >= 0.6 is 0 Å². The van der Waals surface area contributed by atoms with Crippen molar-refractivity contribution in [2.45, 2.75) is 12.8 Å². The number of carbonyl (C=O) groups is 2. The Morgan fingerprint density at radius 1 is 1.53 bits per heavy atom. The highest BCUT2D eigenvalue weighted by atomic mass is 16.6. The van der Waals surface area contributed by atoms with Crippen molar-refractivity contribution in [2.75, 3.05) is 19.7 Å². The Labute approximate surface area is 100 Å². The maximum atomic E-state index is 11.6. The molecule has 1 atom stereocenters. The summed E-state index contributed by atoms with van der Waals surface area (Å²) < 4.78 is 4.93. The third-order valence-corrected chi connectivity index (χ3v) is 2.55. The summed E-state index contributed by atoms with van der Waals surface area (Å²) in [7, 11) is 0. The Bertz CT molecular complexity index is 324. The molecular weight excluding hydrogens is 222 g/mol. The molecule has 17 heavy (non-hydrogen) atoms. The number of carboxylic acid groups (broad SMARTS) is 1. The molecule has 0 bridgehead atoms. The summed E-state index contributed by atoms with van der Waals surface area (Å²) in [5.41, 5.74) is 0. The molecule has 0 aliphatic carbocycles. The van der Waals surface area contributed by atoms with Crippen molar-refractivity contribution >= 4 is 12.1 Å². The van der Waals surface area contributed by atoms with Crippen molar-refractivity contribution in [1.82, 2.24) is 4.90 Å². The molecule has 0 aromatic rings. The van der Waals surface area contributed by atoms with E-state index in [0.717, 1.165) is 18.9 Å². The van der Waals surface area contributed by atoms with Gasteiger partial charge in [-0.3, -0.25) is 0 Å². The van der Waals surface area contributed by atoms with Crippen LogP contribution in [0.2, 0.25) is 0 Å². The number of ether oxygens (including phenoxy) is 1. The molecule has 1 saturated heterocycles.